The maximum absolute atomic E-state index is 12.6. The molecule has 1 aromatic carbocycles. The first-order valence-electron chi connectivity index (χ1n) is 5.89. The number of hydrogen-bond donors (Lipinski definition) is 1. The predicted molar refractivity (Wildman–Crippen MR) is 74.2 cm³/mol. The van der Waals surface area contributed by atoms with Crippen LogP contribution in [0.5, 0.6) is 0 Å². The number of hydrogen-bond acceptors (Lipinski definition) is 2. The molecule has 0 aliphatic heterocycles. The first-order valence-corrected chi connectivity index (χ1v) is 8.50. The molecule has 1 N–H and O–H groups in total. The van der Waals surface area contributed by atoms with E-state index >= 15 is 0 Å². The van der Waals surface area contributed by atoms with E-state index in [9.17, 15) is 21.6 Å². The number of halogens is 4. The predicted octanol–water partition coefficient (Wildman–Crippen LogP) is 3.40. The van der Waals surface area contributed by atoms with E-state index in [1.54, 1.807) is 0 Å². The van der Waals surface area contributed by atoms with Crippen LogP contribution in [0.3, 0.4) is 0 Å². The molecule has 1 unspecified atom stereocenters. The standard InChI is InChI=1S/C12H15BrF3NO2S/c1-9(5-6-13)8-17-20(18,19)11-4-2-3-10(7-11)12(14,15)16/h2-4,7,9,17H,5-6,8H2,1H3. The summed E-state index contributed by atoms with van der Waals surface area (Å²) in [5.74, 6) is 0.0925. The maximum Gasteiger partial charge on any atom is 0.416 e. The summed E-state index contributed by atoms with van der Waals surface area (Å²) in [6.45, 7) is 2.04. The lowest BCUT2D eigenvalue weighted by molar-refractivity contribution is -0.137. The highest BCUT2D eigenvalue weighted by Crippen LogP contribution is 2.30. The normalized spacial score (nSPS) is 14.2. The van der Waals surface area contributed by atoms with Crippen LogP contribution < -0.4 is 4.72 Å². The van der Waals surface area contributed by atoms with Gasteiger partial charge in [0.25, 0.3) is 0 Å². The third-order valence-corrected chi connectivity index (χ3v) is 4.57. The van der Waals surface area contributed by atoms with Crippen molar-refractivity contribution in [3.8, 4) is 0 Å². The van der Waals surface area contributed by atoms with E-state index in [0.29, 0.717) is 6.07 Å². The average molecular weight is 374 g/mol. The van der Waals surface area contributed by atoms with Crippen molar-refractivity contribution in [2.75, 3.05) is 11.9 Å². The van der Waals surface area contributed by atoms with Gasteiger partial charge in [-0.15, -0.1) is 0 Å². The molecule has 0 bridgehead atoms. The number of sulfonamides is 1. The zero-order chi connectivity index (χ0) is 15.4. The molecule has 0 radical (unpaired) electrons. The molecule has 114 valence electrons. The lowest BCUT2D eigenvalue weighted by atomic mass is 10.1. The van der Waals surface area contributed by atoms with Gasteiger partial charge in [-0.3, -0.25) is 0 Å². The fraction of sp³-hybridized carbons (Fsp3) is 0.500. The van der Waals surface area contributed by atoms with Crippen LogP contribution in [0.2, 0.25) is 0 Å². The molecule has 20 heavy (non-hydrogen) atoms. The van der Waals surface area contributed by atoms with Gasteiger partial charge in [-0.1, -0.05) is 28.9 Å². The van der Waals surface area contributed by atoms with E-state index in [4.69, 9.17) is 0 Å². The Labute approximate surface area is 124 Å². The van der Waals surface area contributed by atoms with Crippen LogP contribution in [0.25, 0.3) is 0 Å². The molecule has 3 nitrogen and oxygen atoms in total. The fourth-order valence-electron chi connectivity index (χ4n) is 1.46. The van der Waals surface area contributed by atoms with Gasteiger partial charge in [-0.2, -0.15) is 13.2 Å². The van der Waals surface area contributed by atoms with Crippen LogP contribution in [-0.2, 0) is 16.2 Å². The first kappa shape index (κ1) is 17.5. The summed E-state index contributed by atoms with van der Waals surface area (Å²) >= 11 is 3.24. The molecule has 1 rings (SSSR count). The second-order valence-electron chi connectivity index (χ2n) is 4.46. The van der Waals surface area contributed by atoms with Gasteiger partial charge in [-0.05, 0) is 30.5 Å². The van der Waals surface area contributed by atoms with E-state index in [0.717, 1.165) is 30.0 Å². The average Bonchev–Trinajstić information content (AvgIpc) is 2.36. The largest absolute Gasteiger partial charge is 0.416 e. The van der Waals surface area contributed by atoms with Crippen LogP contribution in [0.4, 0.5) is 13.2 Å². The zero-order valence-corrected chi connectivity index (χ0v) is 13.1. The van der Waals surface area contributed by atoms with Crippen LogP contribution >= 0.6 is 15.9 Å². The number of alkyl halides is 4. The van der Waals surface area contributed by atoms with Crippen molar-refractivity contribution in [3.05, 3.63) is 29.8 Å². The number of benzene rings is 1. The molecule has 1 aromatic rings. The minimum atomic E-state index is -4.56. The Morgan fingerprint density at radius 1 is 1.35 bits per heavy atom. The topological polar surface area (TPSA) is 46.2 Å². The van der Waals surface area contributed by atoms with Gasteiger partial charge in [0.1, 0.15) is 0 Å². The van der Waals surface area contributed by atoms with Gasteiger partial charge >= 0.3 is 6.18 Å². The van der Waals surface area contributed by atoms with E-state index in [1.807, 2.05) is 6.92 Å². The minimum Gasteiger partial charge on any atom is -0.211 e. The Hall–Kier alpha value is -0.600. The Balaban J connectivity index is 2.88. The third kappa shape index (κ3) is 5.06. The smallest absolute Gasteiger partial charge is 0.211 e. The zero-order valence-electron chi connectivity index (χ0n) is 10.7. The Morgan fingerprint density at radius 2 is 2.00 bits per heavy atom. The van der Waals surface area contributed by atoms with Crippen molar-refractivity contribution >= 4 is 26.0 Å². The van der Waals surface area contributed by atoms with Crippen LogP contribution in [-0.4, -0.2) is 20.3 Å². The van der Waals surface area contributed by atoms with Gasteiger partial charge in [0, 0.05) is 11.9 Å². The summed E-state index contributed by atoms with van der Waals surface area (Å²) in [5.41, 5.74) is -0.978. The summed E-state index contributed by atoms with van der Waals surface area (Å²) in [5, 5.41) is 0.736. The molecule has 0 spiro atoms. The lowest BCUT2D eigenvalue weighted by Gasteiger charge is -2.13. The monoisotopic (exact) mass is 373 g/mol. The van der Waals surface area contributed by atoms with E-state index in [-0.39, 0.29) is 17.4 Å². The molecule has 0 aliphatic carbocycles. The molecule has 0 amide bonds. The molecule has 8 heteroatoms. The molecular weight excluding hydrogens is 359 g/mol. The highest BCUT2D eigenvalue weighted by molar-refractivity contribution is 9.09. The van der Waals surface area contributed by atoms with Crippen molar-refractivity contribution in [2.45, 2.75) is 24.4 Å². The number of rotatable bonds is 6. The second-order valence-corrected chi connectivity index (χ2v) is 7.02. The Kier molecular flexibility index (Phi) is 6.03. The van der Waals surface area contributed by atoms with Crippen molar-refractivity contribution in [1.82, 2.24) is 4.72 Å². The van der Waals surface area contributed by atoms with Gasteiger partial charge in [0.2, 0.25) is 10.0 Å². The third-order valence-electron chi connectivity index (χ3n) is 2.70. The summed E-state index contributed by atoms with van der Waals surface area (Å²) in [7, 11) is -3.92. The van der Waals surface area contributed by atoms with Gasteiger partial charge in [0.05, 0.1) is 10.5 Å². The molecular formula is C12H15BrF3NO2S. The lowest BCUT2D eigenvalue weighted by Crippen LogP contribution is -2.28. The van der Waals surface area contributed by atoms with Gasteiger partial charge < -0.3 is 0 Å². The van der Waals surface area contributed by atoms with Crippen LogP contribution in [0.15, 0.2) is 29.2 Å². The van der Waals surface area contributed by atoms with Crippen molar-refractivity contribution in [1.29, 1.82) is 0 Å². The maximum atomic E-state index is 12.6. The number of nitrogens with one attached hydrogen (secondary N) is 1. The molecule has 0 aliphatic rings. The fourth-order valence-corrected chi connectivity index (χ4v) is 3.46. The Bertz CT molecular complexity index is 546. The quantitative estimate of drug-likeness (QED) is 0.776. The van der Waals surface area contributed by atoms with Gasteiger partial charge in [0.15, 0.2) is 0 Å². The van der Waals surface area contributed by atoms with Crippen LogP contribution in [0.1, 0.15) is 18.9 Å². The van der Waals surface area contributed by atoms with Gasteiger partial charge in [-0.25, -0.2) is 13.1 Å². The molecule has 0 saturated heterocycles. The summed E-state index contributed by atoms with van der Waals surface area (Å²) in [6, 6.07) is 3.70. The molecule has 0 fully saturated rings. The van der Waals surface area contributed by atoms with Crippen molar-refractivity contribution in [2.24, 2.45) is 5.92 Å². The highest BCUT2D eigenvalue weighted by atomic mass is 79.9. The summed E-state index contributed by atoms with van der Waals surface area (Å²) in [6.07, 6.45) is -3.79. The van der Waals surface area contributed by atoms with Crippen LogP contribution in [0, 0.1) is 5.92 Å². The van der Waals surface area contributed by atoms with Crippen molar-refractivity contribution < 1.29 is 21.6 Å². The molecule has 0 heterocycles. The second kappa shape index (κ2) is 6.91. The summed E-state index contributed by atoms with van der Waals surface area (Å²) < 4.78 is 63.8. The van der Waals surface area contributed by atoms with E-state index in [1.165, 1.54) is 0 Å². The SMILES string of the molecule is CC(CCBr)CNS(=O)(=O)c1cccc(C(F)(F)F)c1. The Morgan fingerprint density at radius 3 is 2.55 bits per heavy atom. The minimum absolute atomic E-state index is 0.0925. The molecule has 0 saturated carbocycles. The molecule has 0 aromatic heterocycles. The molecule has 1 atom stereocenters. The van der Waals surface area contributed by atoms with E-state index < -0.39 is 21.8 Å². The van der Waals surface area contributed by atoms with E-state index in [2.05, 4.69) is 20.7 Å². The summed E-state index contributed by atoms with van der Waals surface area (Å²) in [4.78, 5) is -0.377. The van der Waals surface area contributed by atoms with Crippen molar-refractivity contribution in [3.63, 3.8) is 0 Å². The highest BCUT2D eigenvalue weighted by Gasteiger charge is 2.31. The first-order chi connectivity index (χ1) is 9.16.